The number of nitrogens with zero attached hydrogens (tertiary/aromatic N) is 4. The van der Waals surface area contributed by atoms with Gasteiger partial charge in [0.1, 0.15) is 0 Å². The molecule has 0 radical (unpaired) electrons. The number of benzene rings is 2. The zero-order valence-corrected chi connectivity index (χ0v) is 19.9. The van der Waals surface area contributed by atoms with Crippen LogP contribution in [0.2, 0.25) is 0 Å². The number of aromatic nitrogens is 2. The van der Waals surface area contributed by atoms with Crippen molar-refractivity contribution in [2.75, 3.05) is 40.4 Å². The average Bonchev–Trinajstić information content (AvgIpc) is 3.28. The van der Waals surface area contributed by atoms with Crippen LogP contribution in [0.1, 0.15) is 27.6 Å². The summed E-state index contributed by atoms with van der Waals surface area (Å²) >= 11 is 1.54. The molecule has 8 nitrogen and oxygen atoms in total. The van der Waals surface area contributed by atoms with Crippen LogP contribution in [0.5, 0.6) is 11.5 Å². The Kier molecular flexibility index (Phi) is 7.51. The van der Waals surface area contributed by atoms with E-state index in [1.165, 1.54) is 11.8 Å². The van der Waals surface area contributed by atoms with Gasteiger partial charge in [0.25, 0.3) is 5.91 Å². The fourth-order valence-electron chi connectivity index (χ4n) is 3.82. The Balaban J connectivity index is 1.35. The zero-order valence-electron chi connectivity index (χ0n) is 19.1. The van der Waals surface area contributed by atoms with Gasteiger partial charge in [-0.05, 0) is 36.8 Å². The number of carbonyl (C=O) groups is 1. The van der Waals surface area contributed by atoms with Crippen molar-refractivity contribution in [1.82, 2.24) is 19.9 Å². The molecule has 1 saturated heterocycles. The predicted molar refractivity (Wildman–Crippen MR) is 126 cm³/mol. The summed E-state index contributed by atoms with van der Waals surface area (Å²) in [5.41, 5.74) is 1.87. The highest BCUT2D eigenvalue weighted by atomic mass is 32.2. The number of aryl methyl sites for hydroxylation is 1. The maximum Gasteiger partial charge on any atom is 0.255 e. The van der Waals surface area contributed by atoms with Gasteiger partial charge in [-0.1, -0.05) is 23.4 Å². The summed E-state index contributed by atoms with van der Waals surface area (Å²) in [4.78, 5) is 22.7. The number of thioether (sulfide) groups is 1. The van der Waals surface area contributed by atoms with E-state index in [1.807, 2.05) is 41.3 Å². The van der Waals surface area contributed by atoms with E-state index < -0.39 is 0 Å². The zero-order chi connectivity index (χ0) is 23.2. The third-order valence-electron chi connectivity index (χ3n) is 5.55. The van der Waals surface area contributed by atoms with E-state index in [0.29, 0.717) is 36.1 Å². The van der Waals surface area contributed by atoms with Crippen LogP contribution >= 0.6 is 11.8 Å². The minimum atomic E-state index is 0.0607. The molecule has 2 heterocycles. The Morgan fingerprint density at radius 1 is 1.06 bits per heavy atom. The second-order valence-electron chi connectivity index (χ2n) is 7.78. The molecule has 3 aromatic rings. The van der Waals surface area contributed by atoms with Crippen LogP contribution in [0.4, 0.5) is 0 Å². The summed E-state index contributed by atoms with van der Waals surface area (Å²) in [7, 11) is 3.28. The number of hydrogen-bond acceptors (Lipinski definition) is 8. The minimum Gasteiger partial charge on any atom is -0.493 e. The number of hydrogen-bond donors (Lipinski definition) is 0. The van der Waals surface area contributed by atoms with Crippen molar-refractivity contribution in [3.8, 4) is 11.5 Å². The van der Waals surface area contributed by atoms with Gasteiger partial charge in [-0.3, -0.25) is 9.69 Å². The van der Waals surface area contributed by atoms with Gasteiger partial charge in [0, 0.05) is 37.6 Å². The molecule has 1 aromatic heterocycles. The lowest BCUT2D eigenvalue weighted by Gasteiger charge is -2.35. The largest absolute Gasteiger partial charge is 0.493 e. The van der Waals surface area contributed by atoms with Gasteiger partial charge in [-0.25, -0.2) is 0 Å². The highest BCUT2D eigenvalue weighted by molar-refractivity contribution is 7.98. The number of piperazine rings is 1. The highest BCUT2D eigenvalue weighted by Gasteiger charge is 2.24. The molecule has 0 aliphatic carbocycles. The van der Waals surface area contributed by atoms with Crippen molar-refractivity contribution in [3.05, 3.63) is 65.3 Å². The second-order valence-corrected chi connectivity index (χ2v) is 8.80. The quantitative estimate of drug-likeness (QED) is 0.464. The molecule has 0 atom stereocenters. The Morgan fingerprint density at radius 3 is 2.52 bits per heavy atom. The van der Waals surface area contributed by atoms with E-state index in [0.717, 1.165) is 41.6 Å². The number of carbonyl (C=O) groups excluding carboxylic acids is 1. The first-order chi connectivity index (χ1) is 16.1. The minimum absolute atomic E-state index is 0.0607. The van der Waals surface area contributed by atoms with Crippen molar-refractivity contribution in [1.29, 1.82) is 0 Å². The maximum atomic E-state index is 13.3. The summed E-state index contributed by atoms with van der Waals surface area (Å²) in [5, 5.41) is 3.82. The van der Waals surface area contributed by atoms with Gasteiger partial charge in [0.2, 0.25) is 5.89 Å². The van der Waals surface area contributed by atoms with Crippen LogP contribution in [0, 0.1) is 6.92 Å². The molecular weight excluding hydrogens is 440 g/mol. The van der Waals surface area contributed by atoms with Crippen LogP contribution in [-0.4, -0.2) is 66.2 Å². The van der Waals surface area contributed by atoms with Crippen molar-refractivity contribution >= 4 is 17.7 Å². The molecule has 33 heavy (non-hydrogen) atoms. The molecule has 1 aliphatic rings. The molecule has 0 spiro atoms. The normalized spacial score (nSPS) is 14.3. The first-order valence-electron chi connectivity index (χ1n) is 10.8. The van der Waals surface area contributed by atoms with Crippen LogP contribution in [0.3, 0.4) is 0 Å². The maximum absolute atomic E-state index is 13.3. The molecule has 0 bridgehead atoms. The Hall–Kier alpha value is -3.04. The van der Waals surface area contributed by atoms with Crippen LogP contribution < -0.4 is 9.47 Å². The average molecular weight is 469 g/mol. The van der Waals surface area contributed by atoms with E-state index in [9.17, 15) is 4.79 Å². The van der Waals surface area contributed by atoms with E-state index in [-0.39, 0.29) is 5.91 Å². The predicted octanol–water partition coefficient (Wildman–Crippen LogP) is 3.65. The summed E-state index contributed by atoms with van der Waals surface area (Å²) in [6, 6.07) is 13.7. The van der Waals surface area contributed by atoms with Crippen LogP contribution in [0.15, 0.2) is 51.9 Å². The molecule has 1 aliphatic heterocycles. The van der Waals surface area contributed by atoms with Gasteiger partial charge in [0.15, 0.2) is 17.3 Å². The summed E-state index contributed by atoms with van der Waals surface area (Å²) < 4.78 is 15.9. The smallest absolute Gasteiger partial charge is 0.255 e. The van der Waals surface area contributed by atoms with E-state index in [1.54, 1.807) is 21.1 Å². The number of methoxy groups -OCH3 is 2. The fraction of sp³-hybridized carbons (Fsp3) is 0.375. The molecule has 0 N–H and O–H groups in total. The molecular formula is C24H28N4O4S. The lowest BCUT2D eigenvalue weighted by Crippen LogP contribution is -2.48. The van der Waals surface area contributed by atoms with Gasteiger partial charge < -0.3 is 18.9 Å². The van der Waals surface area contributed by atoms with E-state index >= 15 is 0 Å². The molecule has 0 unspecified atom stereocenters. The summed E-state index contributed by atoms with van der Waals surface area (Å²) in [5.74, 6) is 3.22. The van der Waals surface area contributed by atoms with Crippen LogP contribution in [0.25, 0.3) is 0 Å². The first-order valence-corrected chi connectivity index (χ1v) is 11.8. The van der Waals surface area contributed by atoms with Crippen molar-refractivity contribution < 1.29 is 18.8 Å². The topological polar surface area (TPSA) is 80.9 Å². The van der Waals surface area contributed by atoms with Gasteiger partial charge >= 0.3 is 0 Å². The first kappa shape index (κ1) is 23.1. The van der Waals surface area contributed by atoms with Gasteiger partial charge in [0.05, 0.1) is 25.5 Å². The van der Waals surface area contributed by atoms with E-state index in [2.05, 4.69) is 21.1 Å². The summed E-state index contributed by atoms with van der Waals surface area (Å²) in [6.45, 7) is 5.60. The SMILES string of the molecule is COc1ccc(CN2CCN(C(=O)c3ccccc3SCc3nc(C)no3)CC2)cc1OC. The molecule has 4 rings (SSSR count). The van der Waals surface area contributed by atoms with Crippen molar-refractivity contribution in [2.45, 2.75) is 24.1 Å². The van der Waals surface area contributed by atoms with Crippen molar-refractivity contribution in [2.24, 2.45) is 0 Å². The fourth-order valence-corrected chi connectivity index (χ4v) is 4.71. The lowest BCUT2D eigenvalue weighted by molar-refractivity contribution is 0.0625. The third-order valence-corrected chi connectivity index (χ3v) is 6.61. The number of rotatable bonds is 8. The number of ether oxygens (including phenoxy) is 2. The van der Waals surface area contributed by atoms with Crippen molar-refractivity contribution in [3.63, 3.8) is 0 Å². The monoisotopic (exact) mass is 468 g/mol. The second kappa shape index (κ2) is 10.7. The molecule has 9 heteroatoms. The van der Waals surface area contributed by atoms with E-state index in [4.69, 9.17) is 14.0 Å². The Morgan fingerprint density at radius 2 is 1.82 bits per heavy atom. The summed E-state index contributed by atoms with van der Waals surface area (Å²) in [6.07, 6.45) is 0. The standard InChI is InChI=1S/C24H28N4O4S/c1-17-25-23(32-26-17)16-33-22-7-5-4-6-19(22)24(29)28-12-10-27(11-13-28)15-18-8-9-20(30-2)21(14-18)31-3/h4-9,14H,10-13,15-16H2,1-3H3. The molecule has 1 fully saturated rings. The van der Waals surface area contributed by atoms with Gasteiger partial charge in [-0.15, -0.1) is 11.8 Å². The van der Waals surface area contributed by atoms with Crippen LogP contribution in [-0.2, 0) is 12.3 Å². The molecule has 0 saturated carbocycles. The lowest BCUT2D eigenvalue weighted by atomic mass is 10.1. The Bertz CT molecular complexity index is 1100. The third kappa shape index (κ3) is 5.66. The molecule has 1 amide bonds. The Labute approximate surface area is 197 Å². The molecule has 174 valence electrons. The number of amides is 1. The molecule has 2 aromatic carbocycles. The highest BCUT2D eigenvalue weighted by Crippen LogP contribution is 2.29. The van der Waals surface area contributed by atoms with Gasteiger partial charge in [-0.2, -0.15) is 4.98 Å².